The van der Waals surface area contributed by atoms with Gasteiger partial charge in [0.25, 0.3) is 0 Å². The van der Waals surface area contributed by atoms with Crippen LogP contribution in [0.2, 0.25) is 0 Å². The van der Waals surface area contributed by atoms with E-state index >= 15 is 0 Å². The molecule has 0 saturated carbocycles. The van der Waals surface area contributed by atoms with Gasteiger partial charge in [-0.25, -0.2) is 9.18 Å². The van der Waals surface area contributed by atoms with Crippen molar-refractivity contribution in [1.82, 2.24) is 0 Å². The highest BCUT2D eigenvalue weighted by atomic mass is 19.1. The SMILES string of the molecule is CCC(C(=N)C(=O)O)c1cc(F)ccc1O. The number of carboxylic acid groups (broad SMARTS) is 1. The molecule has 16 heavy (non-hydrogen) atoms. The van der Waals surface area contributed by atoms with E-state index in [1.807, 2.05) is 0 Å². The minimum absolute atomic E-state index is 0.134. The maximum absolute atomic E-state index is 13.0. The Hall–Kier alpha value is -1.91. The maximum atomic E-state index is 13.0. The lowest BCUT2D eigenvalue weighted by Crippen LogP contribution is -2.20. The van der Waals surface area contributed by atoms with E-state index < -0.39 is 23.4 Å². The van der Waals surface area contributed by atoms with Crippen molar-refractivity contribution >= 4 is 11.7 Å². The summed E-state index contributed by atoms with van der Waals surface area (Å²) in [6.07, 6.45) is 0.308. The lowest BCUT2D eigenvalue weighted by Gasteiger charge is -2.15. The number of hydrogen-bond donors (Lipinski definition) is 3. The fraction of sp³-hybridized carbons (Fsp3) is 0.273. The van der Waals surface area contributed by atoms with Crippen LogP contribution < -0.4 is 0 Å². The molecule has 0 amide bonds. The predicted octanol–water partition coefficient (Wildman–Crippen LogP) is 2.13. The molecule has 1 aromatic rings. The van der Waals surface area contributed by atoms with Crippen LogP contribution in [-0.4, -0.2) is 21.9 Å². The van der Waals surface area contributed by atoms with Crippen molar-refractivity contribution in [3.8, 4) is 5.75 Å². The molecule has 0 aliphatic heterocycles. The van der Waals surface area contributed by atoms with Gasteiger partial charge < -0.3 is 10.2 Å². The van der Waals surface area contributed by atoms with Gasteiger partial charge in [0, 0.05) is 11.5 Å². The van der Waals surface area contributed by atoms with Gasteiger partial charge in [0.15, 0.2) is 0 Å². The van der Waals surface area contributed by atoms with E-state index in [4.69, 9.17) is 10.5 Å². The molecule has 0 bridgehead atoms. The van der Waals surface area contributed by atoms with Gasteiger partial charge in [0.1, 0.15) is 17.3 Å². The Bertz CT molecular complexity index is 431. The van der Waals surface area contributed by atoms with Crippen molar-refractivity contribution < 1.29 is 19.4 Å². The fourth-order valence-electron chi connectivity index (χ4n) is 1.53. The Morgan fingerprint density at radius 2 is 2.19 bits per heavy atom. The third-order valence-electron chi connectivity index (χ3n) is 2.35. The second kappa shape index (κ2) is 4.74. The van der Waals surface area contributed by atoms with Crippen LogP contribution in [0.1, 0.15) is 24.8 Å². The molecule has 4 nitrogen and oxygen atoms in total. The minimum atomic E-state index is -1.37. The first kappa shape index (κ1) is 12.2. The summed E-state index contributed by atoms with van der Waals surface area (Å²) in [6.45, 7) is 1.67. The zero-order chi connectivity index (χ0) is 12.3. The van der Waals surface area contributed by atoms with Gasteiger partial charge >= 0.3 is 5.97 Å². The second-order valence-electron chi connectivity index (χ2n) is 3.38. The number of carboxylic acids is 1. The van der Waals surface area contributed by atoms with Gasteiger partial charge in [-0.1, -0.05) is 6.92 Å². The second-order valence-corrected chi connectivity index (χ2v) is 3.38. The molecule has 0 saturated heterocycles. The van der Waals surface area contributed by atoms with Gasteiger partial charge in [-0.3, -0.25) is 5.41 Å². The van der Waals surface area contributed by atoms with Gasteiger partial charge in [0.05, 0.1) is 0 Å². The summed E-state index contributed by atoms with van der Waals surface area (Å²) in [7, 11) is 0. The monoisotopic (exact) mass is 225 g/mol. The zero-order valence-electron chi connectivity index (χ0n) is 8.70. The molecule has 0 aliphatic carbocycles. The number of aliphatic carboxylic acids is 1. The van der Waals surface area contributed by atoms with Gasteiger partial charge in [0.2, 0.25) is 0 Å². The number of aromatic hydroxyl groups is 1. The predicted molar refractivity (Wildman–Crippen MR) is 56.5 cm³/mol. The summed E-state index contributed by atoms with van der Waals surface area (Å²) in [5.41, 5.74) is -0.418. The average molecular weight is 225 g/mol. The number of hydrogen-bond acceptors (Lipinski definition) is 3. The first-order valence-corrected chi connectivity index (χ1v) is 4.77. The summed E-state index contributed by atoms with van der Waals surface area (Å²) in [4.78, 5) is 10.7. The lowest BCUT2D eigenvalue weighted by atomic mass is 9.91. The zero-order valence-corrected chi connectivity index (χ0v) is 8.70. The highest BCUT2D eigenvalue weighted by molar-refractivity contribution is 6.36. The summed E-state index contributed by atoms with van der Waals surface area (Å²) >= 11 is 0. The molecule has 3 N–H and O–H groups in total. The average Bonchev–Trinajstić information content (AvgIpc) is 2.23. The van der Waals surface area contributed by atoms with Crippen molar-refractivity contribution in [2.24, 2.45) is 0 Å². The Labute approximate surface area is 91.9 Å². The minimum Gasteiger partial charge on any atom is -0.508 e. The smallest absolute Gasteiger partial charge is 0.350 e. The van der Waals surface area contributed by atoms with E-state index in [1.54, 1.807) is 6.92 Å². The quantitative estimate of drug-likeness (QED) is 0.686. The van der Waals surface area contributed by atoms with Crippen LogP contribution in [0.25, 0.3) is 0 Å². The molecule has 0 heterocycles. The van der Waals surface area contributed by atoms with E-state index in [-0.39, 0.29) is 11.3 Å². The van der Waals surface area contributed by atoms with Crippen LogP contribution in [0.4, 0.5) is 4.39 Å². The van der Waals surface area contributed by atoms with Crippen LogP contribution >= 0.6 is 0 Å². The van der Waals surface area contributed by atoms with Gasteiger partial charge in [-0.15, -0.1) is 0 Å². The highest BCUT2D eigenvalue weighted by Gasteiger charge is 2.23. The number of benzene rings is 1. The fourth-order valence-corrected chi connectivity index (χ4v) is 1.53. The normalized spacial score (nSPS) is 12.1. The van der Waals surface area contributed by atoms with Crippen molar-refractivity contribution in [3.63, 3.8) is 0 Å². The molecule has 0 radical (unpaired) electrons. The molecule has 1 aromatic carbocycles. The van der Waals surface area contributed by atoms with E-state index in [0.29, 0.717) is 6.42 Å². The summed E-state index contributed by atoms with van der Waals surface area (Å²) in [6, 6.07) is 3.29. The molecule has 0 aliphatic rings. The van der Waals surface area contributed by atoms with Crippen LogP contribution in [0, 0.1) is 11.2 Å². The van der Waals surface area contributed by atoms with Crippen LogP contribution in [-0.2, 0) is 4.79 Å². The van der Waals surface area contributed by atoms with Gasteiger partial charge in [-0.2, -0.15) is 0 Å². The number of phenols is 1. The highest BCUT2D eigenvalue weighted by Crippen LogP contribution is 2.29. The Kier molecular flexibility index (Phi) is 3.60. The molecular formula is C11H12FNO3. The molecule has 86 valence electrons. The molecule has 0 fully saturated rings. The molecule has 5 heteroatoms. The van der Waals surface area contributed by atoms with Crippen molar-refractivity contribution in [2.75, 3.05) is 0 Å². The number of halogens is 1. The Morgan fingerprint density at radius 3 is 2.69 bits per heavy atom. The van der Waals surface area contributed by atoms with Crippen molar-refractivity contribution in [2.45, 2.75) is 19.3 Å². The molecular weight excluding hydrogens is 213 g/mol. The van der Waals surface area contributed by atoms with E-state index in [2.05, 4.69) is 0 Å². The molecule has 0 aromatic heterocycles. The molecule has 1 unspecified atom stereocenters. The Morgan fingerprint density at radius 1 is 1.56 bits per heavy atom. The molecule has 1 atom stereocenters. The topological polar surface area (TPSA) is 81.4 Å². The van der Waals surface area contributed by atoms with Crippen molar-refractivity contribution in [1.29, 1.82) is 5.41 Å². The Balaban J connectivity index is 3.18. The van der Waals surface area contributed by atoms with Crippen LogP contribution in [0.5, 0.6) is 5.75 Å². The van der Waals surface area contributed by atoms with E-state index in [9.17, 15) is 14.3 Å². The van der Waals surface area contributed by atoms with Crippen LogP contribution in [0.15, 0.2) is 18.2 Å². The first-order chi connectivity index (χ1) is 7.47. The van der Waals surface area contributed by atoms with Crippen molar-refractivity contribution in [3.05, 3.63) is 29.6 Å². The lowest BCUT2D eigenvalue weighted by molar-refractivity contribution is -0.129. The van der Waals surface area contributed by atoms with E-state index in [1.165, 1.54) is 0 Å². The van der Waals surface area contributed by atoms with Crippen LogP contribution in [0.3, 0.4) is 0 Å². The summed E-state index contributed by atoms with van der Waals surface area (Å²) < 4.78 is 13.0. The summed E-state index contributed by atoms with van der Waals surface area (Å²) in [5.74, 6) is -2.92. The van der Waals surface area contributed by atoms with E-state index in [0.717, 1.165) is 18.2 Å². The third-order valence-corrected chi connectivity index (χ3v) is 2.35. The number of rotatable bonds is 4. The molecule has 1 rings (SSSR count). The summed E-state index contributed by atoms with van der Waals surface area (Å²) in [5, 5.41) is 25.6. The largest absolute Gasteiger partial charge is 0.508 e. The molecule has 0 spiro atoms. The third kappa shape index (κ3) is 2.36. The number of carbonyl (C=O) groups is 1. The first-order valence-electron chi connectivity index (χ1n) is 4.77. The standard InChI is InChI=1S/C11H12FNO3/c1-2-7(10(13)11(15)16)8-5-6(12)3-4-9(8)14/h3-5,7,13-14H,2H2,1H3,(H,15,16). The number of nitrogens with one attached hydrogen (secondary N) is 1. The maximum Gasteiger partial charge on any atom is 0.350 e. The van der Waals surface area contributed by atoms with Gasteiger partial charge in [-0.05, 0) is 24.6 Å². The number of phenolic OH excluding ortho intramolecular Hbond substituents is 1.